The van der Waals surface area contributed by atoms with Crippen LogP contribution < -0.4 is 5.32 Å². The minimum Gasteiger partial charge on any atom is -0.393 e. The van der Waals surface area contributed by atoms with Crippen molar-refractivity contribution < 1.29 is 5.11 Å². The summed E-state index contributed by atoms with van der Waals surface area (Å²) in [5.41, 5.74) is 0. The largest absolute Gasteiger partial charge is 0.393 e. The molecule has 0 saturated carbocycles. The molecule has 0 unspecified atom stereocenters. The summed E-state index contributed by atoms with van der Waals surface area (Å²) in [6.07, 6.45) is 4.65. The van der Waals surface area contributed by atoms with Gasteiger partial charge in [0.05, 0.1) is 6.10 Å². The predicted molar refractivity (Wildman–Crippen MR) is 71.0 cm³/mol. The van der Waals surface area contributed by atoms with Crippen LogP contribution in [0.15, 0.2) is 0 Å². The molecule has 2 N–H and O–H groups in total. The maximum absolute atomic E-state index is 10.1. The molecule has 2 heterocycles. The summed E-state index contributed by atoms with van der Waals surface area (Å²) in [5, 5.41) is 13.5. The second-order valence-electron chi connectivity index (χ2n) is 6.22. The van der Waals surface area contributed by atoms with E-state index in [1.807, 2.05) is 0 Å². The summed E-state index contributed by atoms with van der Waals surface area (Å²) in [7, 11) is 0. The third kappa shape index (κ3) is 3.67. The molecule has 2 aliphatic heterocycles. The number of aliphatic hydroxyl groups is 1. The van der Waals surface area contributed by atoms with Gasteiger partial charge in [-0.2, -0.15) is 0 Å². The van der Waals surface area contributed by atoms with Gasteiger partial charge in [-0.3, -0.25) is 4.90 Å². The fraction of sp³-hybridized carbons (Fsp3) is 1.00. The number of nitrogens with one attached hydrogen (secondary N) is 1. The monoisotopic (exact) mass is 240 g/mol. The molecule has 0 aromatic carbocycles. The van der Waals surface area contributed by atoms with E-state index in [4.69, 9.17) is 0 Å². The van der Waals surface area contributed by atoms with Gasteiger partial charge in [0.2, 0.25) is 0 Å². The first-order chi connectivity index (χ1) is 8.16. The number of nitrogens with zero attached hydrogens (tertiary/aromatic N) is 1. The Bertz CT molecular complexity index is 226. The highest BCUT2D eigenvalue weighted by atomic mass is 16.3. The van der Waals surface area contributed by atoms with Crippen molar-refractivity contribution in [2.45, 2.75) is 51.7 Å². The Morgan fingerprint density at radius 1 is 1.24 bits per heavy atom. The van der Waals surface area contributed by atoms with Crippen LogP contribution in [0.2, 0.25) is 0 Å². The topological polar surface area (TPSA) is 35.5 Å². The molecule has 3 heteroatoms. The maximum Gasteiger partial charge on any atom is 0.0592 e. The van der Waals surface area contributed by atoms with E-state index in [1.165, 1.54) is 32.4 Å². The lowest BCUT2D eigenvalue weighted by Crippen LogP contribution is -2.51. The Balaban J connectivity index is 1.87. The Labute approximate surface area is 106 Å². The molecule has 3 nitrogen and oxygen atoms in total. The zero-order valence-corrected chi connectivity index (χ0v) is 11.4. The molecular weight excluding hydrogens is 212 g/mol. The lowest BCUT2D eigenvalue weighted by molar-refractivity contribution is -0.00355. The maximum atomic E-state index is 10.1. The van der Waals surface area contributed by atoms with E-state index in [0.29, 0.717) is 11.8 Å². The van der Waals surface area contributed by atoms with Crippen LogP contribution in [0.4, 0.5) is 0 Å². The fourth-order valence-electron chi connectivity index (χ4n) is 3.39. The van der Waals surface area contributed by atoms with E-state index in [9.17, 15) is 5.11 Å². The molecule has 17 heavy (non-hydrogen) atoms. The van der Waals surface area contributed by atoms with Gasteiger partial charge in [-0.1, -0.05) is 13.8 Å². The fourth-order valence-corrected chi connectivity index (χ4v) is 3.39. The second kappa shape index (κ2) is 6.17. The Morgan fingerprint density at radius 3 is 2.59 bits per heavy atom. The third-order valence-corrected chi connectivity index (χ3v) is 4.32. The zero-order valence-electron chi connectivity index (χ0n) is 11.4. The number of hydrogen-bond donors (Lipinski definition) is 2. The highest BCUT2D eigenvalue weighted by Crippen LogP contribution is 2.26. The minimum absolute atomic E-state index is 0.0598. The van der Waals surface area contributed by atoms with Crippen molar-refractivity contribution >= 4 is 0 Å². The van der Waals surface area contributed by atoms with Crippen molar-refractivity contribution in [3.8, 4) is 0 Å². The first kappa shape index (κ1) is 13.3. The average molecular weight is 240 g/mol. The van der Waals surface area contributed by atoms with Crippen LogP contribution in [0.3, 0.4) is 0 Å². The molecule has 0 aromatic rings. The summed E-state index contributed by atoms with van der Waals surface area (Å²) >= 11 is 0. The van der Waals surface area contributed by atoms with Crippen LogP contribution in [-0.2, 0) is 0 Å². The van der Waals surface area contributed by atoms with Crippen molar-refractivity contribution in [3.63, 3.8) is 0 Å². The first-order valence-electron chi connectivity index (χ1n) is 7.29. The number of rotatable bonds is 3. The van der Waals surface area contributed by atoms with Crippen LogP contribution >= 0.6 is 0 Å². The quantitative estimate of drug-likeness (QED) is 0.784. The molecule has 0 spiro atoms. The van der Waals surface area contributed by atoms with Crippen molar-refractivity contribution in [2.24, 2.45) is 11.8 Å². The van der Waals surface area contributed by atoms with Gasteiger partial charge in [0.25, 0.3) is 0 Å². The van der Waals surface area contributed by atoms with E-state index in [-0.39, 0.29) is 6.10 Å². The van der Waals surface area contributed by atoms with Crippen molar-refractivity contribution in [1.82, 2.24) is 10.2 Å². The van der Waals surface area contributed by atoms with Gasteiger partial charge in [0.1, 0.15) is 0 Å². The normalized spacial score (nSPS) is 33.2. The van der Waals surface area contributed by atoms with Gasteiger partial charge in [0, 0.05) is 19.1 Å². The highest BCUT2D eigenvalue weighted by molar-refractivity contribution is 4.86. The molecule has 0 aromatic heterocycles. The molecule has 0 bridgehead atoms. The lowest BCUT2D eigenvalue weighted by atomic mass is 9.86. The Morgan fingerprint density at radius 2 is 1.94 bits per heavy atom. The van der Waals surface area contributed by atoms with E-state index >= 15 is 0 Å². The van der Waals surface area contributed by atoms with Crippen molar-refractivity contribution in [3.05, 3.63) is 0 Å². The van der Waals surface area contributed by atoms with Gasteiger partial charge >= 0.3 is 0 Å². The van der Waals surface area contributed by atoms with Crippen molar-refractivity contribution in [1.29, 1.82) is 0 Å². The standard InChI is InChI=1S/C14H28N2O/c1-11(2)9-12-10-16(8-5-14(12)17)13-3-6-15-7-4-13/h11-15,17H,3-10H2,1-2H3/t12-,14+/m0/s1. The van der Waals surface area contributed by atoms with Crippen LogP contribution in [0, 0.1) is 11.8 Å². The average Bonchev–Trinajstić information content (AvgIpc) is 2.32. The van der Waals surface area contributed by atoms with Gasteiger partial charge in [-0.25, -0.2) is 0 Å². The minimum atomic E-state index is -0.0598. The summed E-state index contributed by atoms with van der Waals surface area (Å²) in [4.78, 5) is 2.64. The number of aliphatic hydroxyl groups excluding tert-OH is 1. The van der Waals surface area contributed by atoms with Gasteiger partial charge < -0.3 is 10.4 Å². The zero-order chi connectivity index (χ0) is 12.3. The SMILES string of the molecule is CC(C)C[C@H]1CN(C2CCNCC2)CC[C@H]1O. The summed E-state index contributed by atoms with van der Waals surface area (Å²) < 4.78 is 0. The second-order valence-corrected chi connectivity index (χ2v) is 6.22. The van der Waals surface area contributed by atoms with E-state index in [1.54, 1.807) is 0 Å². The van der Waals surface area contributed by atoms with Crippen LogP contribution in [-0.4, -0.2) is 48.3 Å². The van der Waals surface area contributed by atoms with E-state index in [2.05, 4.69) is 24.1 Å². The van der Waals surface area contributed by atoms with Gasteiger partial charge in [-0.15, -0.1) is 0 Å². The van der Waals surface area contributed by atoms with Crippen LogP contribution in [0.25, 0.3) is 0 Å². The summed E-state index contributed by atoms with van der Waals surface area (Å²) in [5.74, 6) is 1.20. The first-order valence-corrected chi connectivity index (χ1v) is 7.29. The molecule has 100 valence electrons. The molecule has 2 saturated heterocycles. The van der Waals surface area contributed by atoms with Gasteiger partial charge in [0.15, 0.2) is 0 Å². The lowest BCUT2D eigenvalue weighted by Gasteiger charge is -2.42. The van der Waals surface area contributed by atoms with E-state index < -0.39 is 0 Å². The molecule has 2 rings (SSSR count). The van der Waals surface area contributed by atoms with Crippen LogP contribution in [0.5, 0.6) is 0 Å². The molecular formula is C14H28N2O. The Kier molecular flexibility index (Phi) is 4.83. The number of likely N-dealkylation sites (tertiary alicyclic amines) is 1. The molecule has 2 aliphatic rings. The number of hydrogen-bond acceptors (Lipinski definition) is 3. The smallest absolute Gasteiger partial charge is 0.0592 e. The van der Waals surface area contributed by atoms with Crippen molar-refractivity contribution in [2.75, 3.05) is 26.2 Å². The highest BCUT2D eigenvalue weighted by Gasteiger charge is 2.31. The molecule has 2 fully saturated rings. The summed E-state index contributed by atoms with van der Waals surface area (Å²) in [6.45, 7) is 9.06. The molecule has 2 atom stereocenters. The summed E-state index contributed by atoms with van der Waals surface area (Å²) in [6, 6.07) is 0.762. The third-order valence-electron chi connectivity index (χ3n) is 4.32. The van der Waals surface area contributed by atoms with Gasteiger partial charge in [-0.05, 0) is 50.6 Å². The molecule has 0 amide bonds. The molecule has 0 radical (unpaired) electrons. The predicted octanol–water partition coefficient (Wildman–Crippen LogP) is 1.47. The van der Waals surface area contributed by atoms with Crippen LogP contribution in [0.1, 0.15) is 39.5 Å². The number of piperidine rings is 2. The molecule has 0 aliphatic carbocycles. The Hall–Kier alpha value is -0.120. The van der Waals surface area contributed by atoms with E-state index in [0.717, 1.165) is 25.6 Å².